The summed E-state index contributed by atoms with van der Waals surface area (Å²) in [4.78, 5) is 2.57. The van der Waals surface area contributed by atoms with E-state index in [2.05, 4.69) is 58.2 Å². The highest BCUT2D eigenvalue weighted by atomic mass is 79.9. The summed E-state index contributed by atoms with van der Waals surface area (Å²) >= 11 is 3.54. The van der Waals surface area contributed by atoms with Gasteiger partial charge < -0.3 is 4.90 Å². The largest absolute Gasteiger partial charge is 0.303 e. The molecule has 0 amide bonds. The maximum Gasteiger partial charge on any atom is 0.0181 e. The van der Waals surface area contributed by atoms with Crippen LogP contribution in [-0.2, 0) is 0 Å². The predicted molar refractivity (Wildman–Crippen MR) is 80.5 cm³/mol. The van der Waals surface area contributed by atoms with Gasteiger partial charge >= 0.3 is 0 Å². The second kappa shape index (κ2) is 5.18. The molecule has 0 aromatic heterocycles. The summed E-state index contributed by atoms with van der Waals surface area (Å²) in [6.45, 7) is 1.28. The minimum atomic E-state index is 0.803. The van der Waals surface area contributed by atoms with Crippen LogP contribution in [0, 0.1) is 5.92 Å². The van der Waals surface area contributed by atoms with Gasteiger partial charge in [-0.3, -0.25) is 0 Å². The quantitative estimate of drug-likeness (QED) is 0.746. The molecule has 0 N–H and O–H groups in total. The average Bonchev–Trinajstić information content (AvgIpc) is 2.73. The van der Waals surface area contributed by atoms with Crippen LogP contribution in [0.2, 0.25) is 0 Å². The Morgan fingerprint density at radius 2 is 2.22 bits per heavy atom. The molecule has 2 fully saturated rings. The topological polar surface area (TPSA) is 3.24 Å². The van der Waals surface area contributed by atoms with Crippen LogP contribution in [-0.4, -0.2) is 24.5 Å². The summed E-state index contributed by atoms with van der Waals surface area (Å²) in [5.74, 6) is 0.905. The van der Waals surface area contributed by atoms with Crippen molar-refractivity contribution >= 4 is 22.0 Å². The molecule has 0 bridgehead atoms. The van der Waals surface area contributed by atoms with Gasteiger partial charge in [0.1, 0.15) is 0 Å². The summed E-state index contributed by atoms with van der Waals surface area (Å²) in [5.41, 5.74) is 2.97. The molecule has 0 radical (unpaired) electrons. The van der Waals surface area contributed by atoms with Crippen LogP contribution in [0.4, 0.5) is 0 Å². The molecule has 1 saturated carbocycles. The highest BCUT2D eigenvalue weighted by Crippen LogP contribution is 2.40. The van der Waals surface area contributed by atoms with Gasteiger partial charge in [-0.15, -0.1) is 0 Å². The lowest BCUT2D eigenvalue weighted by Gasteiger charge is -2.34. The third-order valence-corrected chi connectivity index (χ3v) is 4.90. The van der Waals surface area contributed by atoms with Crippen molar-refractivity contribution in [2.75, 3.05) is 13.6 Å². The molecule has 1 aromatic rings. The van der Waals surface area contributed by atoms with Gasteiger partial charge in [-0.2, -0.15) is 0 Å². The summed E-state index contributed by atoms with van der Waals surface area (Å²) < 4.78 is 1.17. The summed E-state index contributed by atoms with van der Waals surface area (Å²) in [7, 11) is 2.29. The smallest absolute Gasteiger partial charge is 0.0181 e. The first kappa shape index (κ1) is 12.4. The first-order valence-electron chi connectivity index (χ1n) is 6.87. The van der Waals surface area contributed by atoms with Crippen molar-refractivity contribution in [3.63, 3.8) is 0 Å². The van der Waals surface area contributed by atoms with Gasteiger partial charge in [0.25, 0.3) is 0 Å². The molecule has 2 unspecified atom stereocenters. The summed E-state index contributed by atoms with van der Waals surface area (Å²) in [5, 5.41) is 0. The number of hydrogen-bond donors (Lipinski definition) is 0. The van der Waals surface area contributed by atoms with Crippen LogP contribution < -0.4 is 0 Å². The fourth-order valence-corrected chi connectivity index (χ4v) is 3.94. The van der Waals surface area contributed by atoms with Gasteiger partial charge in [-0.1, -0.05) is 39.7 Å². The molecule has 1 nitrogen and oxygen atoms in total. The van der Waals surface area contributed by atoms with Crippen molar-refractivity contribution < 1.29 is 0 Å². The fraction of sp³-hybridized carbons (Fsp3) is 0.500. The normalized spacial score (nSPS) is 30.7. The Labute approximate surface area is 118 Å². The van der Waals surface area contributed by atoms with Gasteiger partial charge in [0.2, 0.25) is 0 Å². The maximum atomic E-state index is 3.54. The average molecular weight is 306 g/mol. The van der Waals surface area contributed by atoms with E-state index in [1.165, 1.54) is 42.3 Å². The molecular weight excluding hydrogens is 286 g/mol. The van der Waals surface area contributed by atoms with Gasteiger partial charge in [0.15, 0.2) is 0 Å². The Morgan fingerprint density at radius 1 is 1.33 bits per heavy atom. The second-order valence-corrected chi connectivity index (χ2v) is 6.63. The van der Waals surface area contributed by atoms with Crippen molar-refractivity contribution in [1.29, 1.82) is 0 Å². The number of piperidine rings is 1. The molecule has 2 heteroatoms. The van der Waals surface area contributed by atoms with Gasteiger partial charge in [0.05, 0.1) is 0 Å². The first-order chi connectivity index (χ1) is 8.72. The van der Waals surface area contributed by atoms with E-state index >= 15 is 0 Å². The van der Waals surface area contributed by atoms with Crippen molar-refractivity contribution in [2.24, 2.45) is 5.92 Å². The maximum absolute atomic E-state index is 3.54. The van der Waals surface area contributed by atoms with Crippen LogP contribution in [0.5, 0.6) is 0 Å². The highest BCUT2D eigenvalue weighted by molar-refractivity contribution is 9.10. The van der Waals surface area contributed by atoms with E-state index in [-0.39, 0.29) is 0 Å². The predicted octanol–water partition coefficient (Wildman–Crippen LogP) is 4.34. The number of rotatable bonds is 1. The van der Waals surface area contributed by atoms with Crippen LogP contribution in [0.1, 0.15) is 31.2 Å². The molecule has 1 aliphatic heterocycles. The summed E-state index contributed by atoms with van der Waals surface area (Å²) in [6, 6.07) is 9.41. The lowest BCUT2D eigenvalue weighted by Crippen LogP contribution is -2.39. The van der Waals surface area contributed by atoms with Gasteiger partial charge in [-0.25, -0.2) is 0 Å². The van der Waals surface area contributed by atoms with E-state index in [0.29, 0.717) is 0 Å². The Kier molecular flexibility index (Phi) is 3.58. The molecule has 2 atom stereocenters. The molecular formula is C16H20BrN. The minimum Gasteiger partial charge on any atom is -0.303 e. The Balaban J connectivity index is 1.78. The molecule has 1 aliphatic carbocycles. The van der Waals surface area contributed by atoms with Crippen LogP contribution >= 0.6 is 15.9 Å². The van der Waals surface area contributed by atoms with Crippen molar-refractivity contribution in [2.45, 2.75) is 31.7 Å². The van der Waals surface area contributed by atoms with E-state index in [1.807, 2.05) is 0 Å². The molecule has 96 valence electrons. The number of benzene rings is 1. The first-order valence-corrected chi connectivity index (χ1v) is 7.67. The number of fused-ring (bicyclic) bond motifs is 1. The van der Waals surface area contributed by atoms with E-state index in [9.17, 15) is 0 Å². The monoisotopic (exact) mass is 305 g/mol. The number of nitrogens with zero attached hydrogens (tertiary/aromatic N) is 1. The second-order valence-electron chi connectivity index (χ2n) is 5.72. The standard InChI is InChI=1S/C16H20BrN/c1-18-7-3-5-14-9-13(11-16(14)18)8-12-4-2-6-15(17)10-12/h2,4,6,8,10,14,16H,3,5,7,9,11H2,1H3/b13-8+. The molecule has 0 spiro atoms. The lowest BCUT2D eigenvalue weighted by molar-refractivity contribution is 0.145. The zero-order valence-corrected chi connectivity index (χ0v) is 12.5. The van der Waals surface area contributed by atoms with Crippen LogP contribution in [0.3, 0.4) is 0 Å². The third-order valence-electron chi connectivity index (χ3n) is 4.41. The molecule has 3 rings (SSSR count). The Hall–Kier alpha value is -0.600. The summed E-state index contributed by atoms with van der Waals surface area (Å²) in [6.07, 6.45) is 7.78. The number of halogens is 1. The van der Waals surface area contributed by atoms with Crippen LogP contribution in [0.25, 0.3) is 6.08 Å². The SMILES string of the molecule is CN1CCCC2C/C(=C\c3cccc(Br)c3)CC21. The lowest BCUT2D eigenvalue weighted by atomic mass is 9.92. The van der Waals surface area contributed by atoms with E-state index < -0.39 is 0 Å². The van der Waals surface area contributed by atoms with E-state index in [1.54, 1.807) is 5.57 Å². The van der Waals surface area contributed by atoms with Crippen molar-refractivity contribution in [3.05, 3.63) is 39.9 Å². The fourth-order valence-electron chi connectivity index (χ4n) is 3.52. The van der Waals surface area contributed by atoms with Crippen molar-refractivity contribution in [3.8, 4) is 0 Å². The number of likely N-dealkylation sites (tertiary alicyclic amines) is 1. The molecule has 1 heterocycles. The van der Waals surface area contributed by atoms with Crippen molar-refractivity contribution in [1.82, 2.24) is 4.90 Å². The Bertz CT molecular complexity index is 466. The zero-order valence-electron chi connectivity index (χ0n) is 10.9. The molecule has 2 aliphatic rings. The third kappa shape index (κ3) is 2.55. The minimum absolute atomic E-state index is 0.803. The zero-order chi connectivity index (χ0) is 12.5. The Morgan fingerprint density at radius 3 is 3.00 bits per heavy atom. The van der Waals surface area contributed by atoms with Gasteiger partial charge in [0, 0.05) is 10.5 Å². The molecule has 1 saturated heterocycles. The highest BCUT2D eigenvalue weighted by Gasteiger charge is 2.35. The van der Waals surface area contributed by atoms with Crippen LogP contribution in [0.15, 0.2) is 34.3 Å². The van der Waals surface area contributed by atoms with E-state index in [0.717, 1.165) is 12.0 Å². The van der Waals surface area contributed by atoms with E-state index in [4.69, 9.17) is 0 Å². The molecule has 1 aromatic carbocycles. The number of hydrogen-bond acceptors (Lipinski definition) is 1. The van der Waals surface area contributed by atoms with Gasteiger partial charge in [-0.05, 0) is 62.9 Å². The molecule has 18 heavy (non-hydrogen) atoms.